The summed E-state index contributed by atoms with van der Waals surface area (Å²) < 4.78 is 18.3. The second kappa shape index (κ2) is 24.1. The van der Waals surface area contributed by atoms with Crippen molar-refractivity contribution in [1.29, 1.82) is 5.26 Å². The molecule has 5 fully saturated rings. The topological polar surface area (TPSA) is 130 Å². The van der Waals surface area contributed by atoms with Crippen molar-refractivity contribution in [2.45, 2.75) is 118 Å². The van der Waals surface area contributed by atoms with Crippen LogP contribution in [0.15, 0.2) is 48.5 Å². The Morgan fingerprint density at radius 1 is 1.07 bits per heavy atom. The molecular formula is C43H65BCl2N4O6. The molecule has 13 heteroatoms. The number of hydrogen-bond donors (Lipinski definition) is 2. The van der Waals surface area contributed by atoms with E-state index in [4.69, 9.17) is 42.5 Å². The quantitative estimate of drug-likeness (QED) is 0.181. The van der Waals surface area contributed by atoms with Crippen LogP contribution in [-0.4, -0.2) is 87.7 Å². The van der Waals surface area contributed by atoms with Gasteiger partial charge in [-0.3, -0.25) is 14.4 Å². The van der Waals surface area contributed by atoms with E-state index >= 15 is 0 Å². The number of carbonyl (C=O) groups is 3. The Bertz CT molecular complexity index is 1550. The molecule has 5 aliphatic rings. The van der Waals surface area contributed by atoms with Gasteiger partial charge in [0.25, 0.3) is 0 Å². The van der Waals surface area contributed by atoms with Crippen LogP contribution in [-0.2, 0) is 30.1 Å². The molecule has 310 valence electrons. The Labute approximate surface area is 346 Å². The largest absolute Gasteiger partial charge is 0.482 e. The van der Waals surface area contributed by atoms with Gasteiger partial charge in [0.2, 0.25) is 11.8 Å². The molecule has 2 saturated heterocycles. The minimum absolute atomic E-state index is 0.0139. The Morgan fingerprint density at radius 2 is 1.70 bits per heavy atom. The van der Waals surface area contributed by atoms with Crippen LogP contribution in [0.3, 0.4) is 0 Å². The van der Waals surface area contributed by atoms with Gasteiger partial charge >= 0.3 is 7.12 Å². The minimum atomic E-state index is -0.459. The number of benzene rings is 2. The van der Waals surface area contributed by atoms with Crippen molar-refractivity contribution in [2.24, 2.45) is 23.2 Å². The summed E-state index contributed by atoms with van der Waals surface area (Å²) in [6.07, 6.45) is 5.89. The molecule has 2 aliphatic heterocycles. The van der Waals surface area contributed by atoms with Crippen molar-refractivity contribution >= 4 is 48.4 Å². The monoisotopic (exact) mass is 814 g/mol. The van der Waals surface area contributed by atoms with Gasteiger partial charge in [-0.05, 0) is 93.0 Å². The molecule has 7 rings (SSSR count). The van der Waals surface area contributed by atoms with Crippen LogP contribution in [0, 0.1) is 34.5 Å². The van der Waals surface area contributed by atoms with Gasteiger partial charge in [-0.1, -0.05) is 102 Å². The van der Waals surface area contributed by atoms with Crippen molar-refractivity contribution < 1.29 is 28.4 Å². The SMILES string of the molecule is CC.CC(C)C.CNC(COC)C(=O)NC(Cc1ccccc1)B1OC2CC3CC(C3(C)C)[C@]2(C)O1.N#CCC(=O)N1CCCC1.O=Cc1cc(Cl)ccc1Cl. The number of carbonyl (C=O) groups excluding carboxylic acids is 3. The summed E-state index contributed by atoms with van der Waals surface area (Å²) in [4.78, 5) is 35.9. The number of nitriles is 1. The summed E-state index contributed by atoms with van der Waals surface area (Å²) in [5, 5.41) is 15.4. The number of rotatable bonds is 10. The molecule has 3 aliphatic carbocycles. The number of nitrogens with zero attached hydrogens (tertiary/aromatic N) is 2. The fraction of sp³-hybridized carbons (Fsp3) is 0.628. The Kier molecular flexibility index (Phi) is 21.1. The van der Waals surface area contributed by atoms with Gasteiger partial charge in [-0.15, -0.1) is 0 Å². The number of hydrogen-bond acceptors (Lipinski definition) is 8. The van der Waals surface area contributed by atoms with Gasteiger partial charge in [0.15, 0.2) is 6.29 Å². The number of nitrogens with one attached hydrogen (secondary N) is 2. The third-order valence-electron chi connectivity index (χ3n) is 10.7. The van der Waals surface area contributed by atoms with Crippen molar-refractivity contribution in [3.8, 4) is 6.07 Å². The number of ether oxygens (including phenoxy) is 1. The maximum absolute atomic E-state index is 12.9. The number of methoxy groups -OCH3 is 1. The zero-order chi connectivity index (χ0) is 42.1. The van der Waals surface area contributed by atoms with Gasteiger partial charge in [-0.2, -0.15) is 5.26 Å². The third-order valence-corrected chi connectivity index (χ3v) is 11.3. The van der Waals surface area contributed by atoms with Crippen LogP contribution in [0.2, 0.25) is 10.0 Å². The lowest BCUT2D eigenvalue weighted by molar-refractivity contribution is -0.199. The summed E-state index contributed by atoms with van der Waals surface area (Å²) in [6.45, 7) is 19.4. The van der Waals surface area contributed by atoms with Gasteiger partial charge < -0.3 is 29.6 Å². The first-order valence-corrected chi connectivity index (χ1v) is 20.7. The van der Waals surface area contributed by atoms with Crippen molar-refractivity contribution in [1.82, 2.24) is 15.5 Å². The molecule has 0 aromatic heterocycles. The van der Waals surface area contributed by atoms with Gasteiger partial charge in [-0.25, -0.2) is 0 Å². The van der Waals surface area contributed by atoms with E-state index in [-0.39, 0.29) is 41.3 Å². The number of likely N-dealkylation sites (N-methyl/N-ethyl adjacent to an activating group) is 1. The normalized spacial score (nSPS) is 23.3. The lowest BCUT2D eigenvalue weighted by Gasteiger charge is -2.64. The number of halogens is 2. The maximum atomic E-state index is 12.9. The molecule has 56 heavy (non-hydrogen) atoms. The average Bonchev–Trinajstić information content (AvgIpc) is 3.84. The van der Waals surface area contributed by atoms with Gasteiger partial charge in [0.1, 0.15) is 12.5 Å². The standard InChI is InChI=1S/C23H35BN2O4.C7H4Cl2O.C7H10N2O.C4H10.C2H6/c1-22(2)16-12-18(22)23(3)19(13-16)29-24(30-23)20(11-15-9-7-6-8-10-15)26-21(27)17(25-4)14-28-5;8-6-1-2-7(9)5(3-6)4-10;8-4-3-7(10)9-5-1-2-6-9;1-4(2)3;1-2/h6-10,16-20,25H,11-14H2,1-5H3,(H,26,27);1-4H;1-3,5-6H2;4H,1-3H3;1-2H3/t16?,17?,18?,19?,20?,23-;;;;/m0..../s1. The molecule has 2 amide bonds. The van der Waals surface area contributed by atoms with Crippen molar-refractivity contribution in [2.75, 3.05) is 33.9 Å². The molecular weight excluding hydrogens is 750 g/mol. The summed E-state index contributed by atoms with van der Waals surface area (Å²) in [5.74, 6) is 1.64. The highest BCUT2D eigenvalue weighted by molar-refractivity contribution is 6.48. The Balaban J connectivity index is 0.000000338. The van der Waals surface area contributed by atoms with E-state index in [1.165, 1.54) is 12.5 Å². The molecule has 2 heterocycles. The molecule has 2 aromatic carbocycles. The van der Waals surface area contributed by atoms with Gasteiger partial charge in [0, 0.05) is 30.8 Å². The average molecular weight is 816 g/mol. The molecule has 5 unspecified atom stereocenters. The fourth-order valence-electron chi connectivity index (χ4n) is 7.65. The van der Waals surface area contributed by atoms with E-state index in [0.29, 0.717) is 46.8 Å². The zero-order valence-corrected chi connectivity index (χ0v) is 36.7. The zero-order valence-electron chi connectivity index (χ0n) is 35.2. The van der Waals surface area contributed by atoms with Crippen LogP contribution >= 0.6 is 23.2 Å². The second-order valence-corrected chi connectivity index (χ2v) is 16.7. The Hall–Kier alpha value is -2.98. The van der Waals surface area contributed by atoms with E-state index in [0.717, 1.165) is 43.8 Å². The summed E-state index contributed by atoms with van der Waals surface area (Å²) in [6, 6.07) is 16.4. The van der Waals surface area contributed by atoms with E-state index in [1.54, 1.807) is 31.2 Å². The lowest BCUT2D eigenvalue weighted by Crippen LogP contribution is -2.65. The second-order valence-electron chi connectivity index (χ2n) is 15.9. The number of aldehydes is 1. The predicted molar refractivity (Wildman–Crippen MR) is 227 cm³/mol. The molecule has 2 bridgehead atoms. The lowest BCUT2D eigenvalue weighted by atomic mass is 9.43. The van der Waals surface area contributed by atoms with E-state index in [2.05, 4.69) is 64.3 Å². The van der Waals surface area contributed by atoms with Crippen molar-refractivity contribution in [3.63, 3.8) is 0 Å². The first-order chi connectivity index (χ1) is 26.6. The molecule has 0 radical (unpaired) electrons. The van der Waals surface area contributed by atoms with Crippen LogP contribution in [0.5, 0.6) is 0 Å². The van der Waals surface area contributed by atoms with Crippen LogP contribution < -0.4 is 10.6 Å². The van der Waals surface area contributed by atoms with Crippen molar-refractivity contribution in [3.05, 3.63) is 69.7 Å². The predicted octanol–water partition coefficient (Wildman–Crippen LogP) is 8.23. The molecule has 6 atom stereocenters. The van der Waals surface area contributed by atoms with Crippen LogP contribution in [0.25, 0.3) is 0 Å². The van der Waals surface area contributed by atoms with E-state index in [1.807, 2.05) is 38.1 Å². The molecule has 3 saturated carbocycles. The fourth-order valence-corrected chi connectivity index (χ4v) is 7.99. The third kappa shape index (κ3) is 13.8. The summed E-state index contributed by atoms with van der Waals surface area (Å²) in [7, 11) is 2.91. The Morgan fingerprint density at radius 3 is 2.21 bits per heavy atom. The highest BCUT2D eigenvalue weighted by atomic mass is 35.5. The summed E-state index contributed by atoms with van der Waals surface area (Å²) in [5.41, 5.74) is 1.57. The molecule has 10 nitrogen and oxygen atoms in total. The number of amides is 2. The highest BCUT2D eigenvalue weighted by Crippen LogP contribution is 2.65. The first-order valence-electron chi connectivity index (χ1n) is 20.0. The summed E-state index contributed by atoms with van der Waals surface area (Å²) >= 11 is 11.2. The van der Waals surface area contributed by atoms with Crippen LogP contribution in [0.4, 0.5) is 0 Å². The number of likely N-dealkylation sites (tertiary alicyclic amines) is 1. The smallest absolute Gasteiger partial charge is 0.404 e. The van der Waals surface area contributed by atoms with Crippen LogP contribution in [0.1, 0.15) is 103 Å². The molecule has 2 aromatic rings. The van der Waals surface area contributed by atoms with E-state index in [9.17, 15) is 14.4 Å². The van der Waals surface area contributed by atoms with Gasteiger partial charge in [0.05, 0.1) is 35.3 Å². The maximum Gasteiger partial charge on any atom is 0.482 e. The van der Waals surface area contributed by atoms with E-state index < -0.39 is 13.2 Å². The highest BCUT2D eigenvalue weighted by Gasteiger charge is 2.68. The molecule has 2 N–H and O–H groups in total. The molecule has 0 spiro atoms. The first kappa shape index (κ1) is 49.2. The minimum Gasteiger partial charge on any atom is -0.404 e.